The van der Waals surface area contributed by atoms with E-state index in [1.165, 1.54) is 12.1 Å². The minimum Gasteiger partial charge on any atom is -0.257 e. The van der Waals surface area contributed by atoms with E-state index in [4.69, 9.17) is 0 Å². The van der Waals surface area contributed by atoms with Crippen LogP contribution in [0.2, 0.25) is 0 Å². The molecule has 1 N–H and O–H groups in total. The van der Waals surface area contributed by atoms with E-state index in [1.807, 2.05) is 13.8 Å². The zero-order valence-electron chi connectivity index (χ0n) is 7.50. The van der Waals surface area contributed by atoms with Gasteiger partial charge in [0.2, 0.25) is 0 Å². The van der Waals surface area contributed by atoms with Crippen LogP contribution >= 0.6 is 0 Å². The van der Waals surface area contributed by atoms with Crippen molar-refractivity contribution in [2.75, 3.05) is 0 Å². The molecule has 0 aliphatic carbocycles. The molecule has 1 aromatic heterocycles. The van der Waals surface area contributed by atoms with E-state index >= 15 is 0 Å². The van der Waals surface area contributed by atoms with Gasteiger partial charge < -0.3 is 0 Å². The Morgan fingerprint density at radius 2 is 2.15 bits per heavy atom. The lowest BCUT2D eigenvalue weighted by Crippen LogP contribution is -1.91. The van der Waals surface area contributed by atoms with Crippen LogP contribution in [0.3, 0.4) is 0 Å². The molecule has 68 valence electrons. The second-order valence-corrected chi connectivity index (χ2v) is 3.36. The van der Waals surface area contributed by atoms with Crippen molar-refractivity contribution in [3.05, 3.63) is 23.5 Å². The Labute approximate surface area is 75.0 Å². The number of aromatic nitrogens is 3. The second kappa shape index (κ2) is 2.80. The summed E-state index contributed by atoms with van der Waals surface area (Å²) in [4.78, 5) is 0. The van der Waals surface area contributed by atoms with Gasteiger partial charge >= 0.3 is 0 Å². The first kappa shape index (κ1) is 8.16. The third kappa shape index (κ3) is 1.28. The van der Waals surface area contributed by atoms with Crippen molar-refractivity contribution in [2.24, 2.45) is 0 Å². The first-order valence-electron chi connectivity index (χ1n) is 4.18. The predicted molar refractivity (Wildman–Crippen MR) is 47.9 cm³/mol. The molecule has 0 fully saturated rings. The molecular formula is C9H10FN3. The van der Waals surface area contributed by atoms with Gasteiger partial charge in [-0.2, -0.15) is 0 Å². The third-order valence-electron chi connectivity index (χ3n) is 2.05. The monoisotopic (exact) mass is 179 g/mol. The fraction of sp³-hybridized carbons (Fsp3) is 0.333. The fourth-order valence-electron chi connectivity index (χ4n) is 1.39. The van der Waals surface area contributed by atoms with Crippen LogP contribution in [0.1, 0.15) is 25.3 Å². The van der Waals surface area contributed by atoms with Crippen LogP contribution in [0.4, 0.5) is 4.39 Å². The summed E-state index contributed by atoms with van der Waals surface area (Å²) >= 11 is 0. The molecule has 2 rings (SSSR count). The van der Waals surface area contributed by atoms with Crippen molar-refractivity contribution in [3.63, 3.8) is 0 Å². The highest BCUT2D eigenvalue weighted by Gasteiger charge is 2.09. The summed E-state index contributed by atoms with van der Waals surface area (Å²) in [7, 11) is 0. The summed E-state index contributed by atoms with van der Waals surface area (Å²) in [6.07, 6.45) is 0. The maximum atomic E-state index is 13.1. The molecule has 1 aromatic carbocycles. The van der Waals surface area contributed by atoms with Gasteiger partial charge in [-0.1, -0.05) is 19.1 Å². The first-order valence-corrected chi connectivity index (χ1v) is 4.18. The number of fused-ring (bicyclic) bond motifs is 1. The van der Waals surface area contributed by atoms with E-state index in [2.05, 4.69) is 15.4 Å². The van der Waals surface area contributed by atoms with E-state index in [1.54, 1.807) is 0 Å². The first-order chi connectivity index (χ1) is 6.18. The number of nitrogens with zero attached hydrogens (tertiary/aromatic N) is 2. The molecule has 3 nitrogen and oxygen atoms in total. The van der Waals surface area contributed by atoms with Crippen LogP contribution < -0.4 is 0 Å². The number of hydrogen-bond donors (Lipinski definition) is 1. The Hall–Kier alpha value is -1.45. The van der Waals surface area contributed by atoms with E-state index in [9.17, 15) is 4.39 Å². The number of benzene rings is 1. The zero-order valence-corrected chi connectivity index (χ0v) is 7.50. The zero-order chi connectivity index (χ0) is 9.42. The topological polar surface area (TPSA) is 41.6 Å². The van der Waals surface area contributed by atoms with E-state index in [0.717, 1.165) is 11.1 Å². The van der Waals surface area contributed by atoms with Crippen molar-refractivity contribution >= 4 is 11.0 Å². The minimum absolute atomic E-state index is 0.248. The molecule has 2 aromatic rings. The van der Waals surface area contributed by atoms with E-state index in [-0.39, 0.29) is 11.7 Å². The number of rotatable bonds is 1. The lowest BCUT2D eigenvalue weighted by Gasteiger charge is -2.04. The van der Waals surface area contributed by atoms with Crippen LogP contribution in [0.5, 0.6) is 0 Å². The van der Waals surface area contributed by atoms with Crippen molar-refractivity contribution in [3.8, 4) is 0 Å². The average Bonchev–Trinajstić information content (AvgIpc) is 2.49. The predicted octanol–water partition coefficient (Wildman–Crippen LogP) is 2.22. The highest BCUT2D eigenvalue weighted by atomic mass is 19.1. The van der Waals surface area contributed by atoms with Gasteiger partial charge in [-0.3, -0.25) is 5.10 Å². The number of hydrogen-bond acceptors (Lipinski definition) is 2. The number of H-pyrrole nitrogens is 1. The Balaban J connectivity index is 2.77. The van der Waals surface area contributed by atoms with E-state index < -0.39 is 0 Å². The van der Waals surface area contributed by atoms with Crippen molar-refractivity contribution in [2.45, 2.75) is 19.8 Å². The van der Waals surface area contributed by atoms with Gasteiger partial charge in [0.15, 0.2) is 0 Å². The van der Waals surface area contributed by atoms with Gasteiger partial charge in [0.25, 0.3) is 0 Å². The average molecular weight is 179 g/mol. The van der Waals surface area contributed by atoms with Crippen molar-refractivity contribution < 1.29 is 4.39 Å². The standard InChI is InChI=1S/C9H10FN3/c1-5(2)7-3-6(10)4-8-9(7)12-13-11-8/h3-5H,1-2H3,(H,11,12,13). The lowest BCUT2D eigenvalue weighted by molar-refractivity contribution is 0.625. The summed E-state index contributed by atoms with van der Waals surface area (Å²) in [5, 5.41) is 10.2. The molecule has 0 aliphatic heterocycles. The number of nitrogens with one attached hydrogen (secondary N) is 1. The second-order valence-electron chi connectivity index (χ2n) is 3.36. The summed E-state index contributed by atoms with van der Waals surface area (Å²) in [6.45, 7) is 4.01. The Kier molecular flexibility index (Phi) is 1.76. The summed E-state index contributed by atoms with van der Waals surface area (Å²) in [5.74, 6) is 0.00514. The largest absolute Gasteiger partial charge is 0.257 e. The molecule has 0 bridgehead atoms. The molecule has 0 spiro atoms. The van der Waals surface area contributed by atoms with Gasteiger partial charge in [0, 0.05) is 6.07 Å². The highest BCUT2D eigenvalue weighted by Crippen LogP contribution is 2.23. The summed E-state index contributed by atoms with van der Waals surface area (Å²) in [6, 6.07) is 2.91. The molecule has 1 heterocycles. The quantitative estimate of drug-likeness (QED) is 0.729. The molecule has 0 amide bonds. The van der Waals surface area contributed by atoms with Crippen LogP contribution in [0, 0.1) is 5.82 Å². The van der Waals surface area contributed by atoms with Gasteiger partial charge in [0.05, 0.1) is 5.52 Å². The van der Waals surface area contributed by atoms with Gasteiger partial charge in [0.1, 0.15) is 11.3 Å². The van der Waals surface area contributed by atoms with Crippen LogP contribution in [-0.2, 0) is 0 Å². The maximum Gasteiger partial charge on any atom is 0.125 e. The fourth-order valence-corrected chi connectivity index (χ4v) is 1.39. The minimum atomic E-state index is -0.248. The molecule has 13 heavy (non-hydrogen) atoms. The number of aromatic amines is 1. The Morgan fingerprint density at radius 1 is 1.38 bits per heavy atom. The summed E-state index contributed by atoms with van der Waals surface area (Å²) in [5.41, 5.74) is 2.31. The highest BCUT2D eigenvalue weighted by molar-refractivity contribution is 5.77. The molecule has 0 saturated carbocycles. The SMILES string of the molecule is CC(C)c1cc(F)cc2[nH]nnc12. The Morgan fingerprint density at radius 3 is 2.85 bits per heavy atom. The number of halogens is 1. The normalized spacial score (nSPS) is 11.4. The maximum absolute atomic E-state index is 13.1. The molecule has 0 saturated heterocycles. The van der Waals surface area contributed by atoms with Gasteiger partial charge in [-0.25, -0.2) is 4.39 Å². The molecular weight excluding hydrogens is 169 g/mol. The molecule has 0 aliphatic rings. The molecule has 4 heteroatoms. The summed E-state index contributed by atoms with van der Waals surface area (Å²) < 4.78 is 13.1. The van der Waals surface area contributed by atoms with Gasteiger partial charge in [-0.15, -0.1) is 5.10 Å². The van der Waals surface area contributed by atoms with Crippen LogP contribution in [0.25, 0.3) is 11.0 Å². The molecule has 0 atom stereocenters. The Bertz CT molecular complexity index is 433. The van der Waals surface area contributed by atoms with Crippen molar-refractivity contribution in [1.82, 2.24) is 15.4 Å². The van der Waals surface area contributed by atoms with Crippen LogP contribution in [0.15, 0.2) is 12.1 Å². The smallest absolute Gasteiger partial charge is 0.125 e. The van der Waals surface area contributed by atoms with Crippen LogP contribution in [-0.4, -0.2) is 15.4 Å². The lowest BCUT2D eigenvalue weighted by atomic mass is 10.0. The van der Waals surface area contributed by atoms with Crippen molar-refractivity contribution in [1.29, 1.82) is 0 Å². The molecule has 0 radical (unpaired) electrons. The van der Waals surface area contributed by atoms with E-state index in [0.29, 0.717) is 5.52 Å². The van der Waals surface area contributed by atoms with Gasteiger partial charge in [-0.05, 0) is 17.5 Å². The third-order valence-corrected chi connectivity index (χ3v) is 2.05. The molecule has 0 unspecified atom stereocenters.